The number of benzene rings is 1. The van der Waals surface area contributed by atoms with Crippen LogP contribution in [-0.4, -0.2) is 24.1 Å². The monoisotopic (exact) mass is 276 g/mol. The van der Waals surface area contributed by atoms with E-state index >= 15 is 0 Å². The maximum absolute atomic E-state index is 12.1. The van der Waals surface area contributed by atoms with Gasteiger partial charge in [-0.15, -0.1) is 0 Å². The Kier molecular flexibility index (Phi) is 5.21. The van der Waals surface area contributed by atoms with Gasteiger partial charge in [0.1, 0.15) is 5.75 Å². The zero-order chi connectivity index (χ0) is 15.5. The second-order valence-corrected chi connectivity index (χ2v) is 6.11. The number of ether oxygens (including phenoxy) is 1. The van der Waals surface area contributed by atoms with Crippen molar-refractivity contribution in [3.63, 3.8) is 0 Å². The topological polar surface area (TPSA) is 29.5 Å². The Morgan fingerprint density at radius 3 is 2.25 bits per heavy atom. The Labute approximate surface area is 122 Å². The van der Waals surface area contributed by atoms with Crippen LogP contribution in [0.5, 0.6) is 5.75 Å². The number of carbonyl (C=O) groups excluding carboxylic acids is 1. The van der Waals surface area contributed by atoms with Crippen LogP contribution in [0.3, 0.4) is 0 Å². The molecule has 0 saturated heterocycles. The third-order valence-corrected chi connectivity index (χ3v) is 3.44. The fourth-order valence-corrected chi connectivity index (χ4v) is 2.27. The van der Waals surface area contributed by atoms with Gasteiger partial charge in [0.15, 0.2) is 0 Å². The summed E-state index contributed by atoms with van der Waals surface area (Å²) in [6.45, 7) is 15.6. The summed E-state index contributed by atoms with van der Waals surface area (Å²) in [5.41, 5.74) is 3.18. The van der Waals surface area contributed by atoms with Crippen molar-refractivity contribution < 1.29 is 9.53 Å². The molecule has 0 fully saturated rings. The predicted octanol–water partition coefficient (Wildman–Crippen LogP) is 4.24. The molecule has 0 bridgehead atoms. The minimum absolute atomic E-state index is 0.0142. The molecule has 1 rings (SSSR count). The van der Waals surface area contributed by atoms with Crippen LogP contribution in [0.15, 0.2) is 6.07 Å². The van der Waals surface area contributed by atoms with E-state index in [2.05, 4.69) is 32.9 Å². The minimum atomic E-state index is -0.306. The first-order valence-electron chi connectivity index (χ1n) is 7.21. The Balaban J connectivity index is 3.14. The van der Waals surface area contributed by atoms with Gasteiger partial charge in [-0.3, -0.25) is 0 Å². The predicted molar refractivity (Wildman–Crippen MR) is 82.4 cm³/mol. The van der Waals surface area contributed by atoms with Crippen LogP contribution in [0.1, 0.15) is 51.3 Å². The standard InChI is InChI=1S/C17H26NO2/c1-8-18(9-2)16(19)20-15-11-12(3)10-14(13(15)4)17(5,6)7/h10H,8-9H2,1-7H3. The third-order valence-electron chi connectivity index (χ3n) is 3.44. The lowest BCUT2D eigenvalue weighted by Gasteiger charge is -2.25. The number of aryl methyl sites for hydroxylation is 1. The lowest BCUT2D eigenvalue weighted by atomic mass is 9.83. The number of hydrogen-bond donors (Lipinski definition) is 0. The first-order valence-corrected chi connectivity index (χ1v) is 7.21. The molecule has 0 aliphatic heterocycles. The SMILES string of the molecule is CCN(CC)C(=O)Oc1[c]c(C)cc(C(C)(C)C)c1C. The smallest absolute Gasteiger partial charge is 0.409 e. The Bertz CT molecular complexity index is 482. The fraction of sp³-hybridized carbons (Fsp3) is 0.588. The van der Waals surface area contributed by atoms with Crippen LogP contribution in [0.25, 0.3) is 0 Å². The molecule has 0 spiro atoms. The average molecular weight is 276 g/mol. The number of carbonyl (C=O) groups is 1. The maximum Gasteiger partial charge on any atom is 0.415 e. The van der Waals surface area contributed by atoms with E-state index in [-0.39, 0.29) is 11.5 Å². The van der Waals surface area contributed by atoms with Crippen molar-refractivity contribution in [2.24, 2.45) is 0 Å². The zero-order valence-electron chi connectivity index (χ0n) is 13.8. The van der Waals surface area contributed by atoms with Crippen molar-refractivity contribution in [1.82, 2.24) is 4.90 Å². The molecule has 3 heteroatoms. The molecule has 0 aliphatic rings. The highest BCUT2D eigenvalue weighted by Crippen LogP contribution is 2.32. The van der Waals surface area contributed by atoms with E-state index in [0.717, 1.165) is 11.1 Å². The van der Waals surface area contributed by atoms with E-state index < -0.39 is 0 Å². The van der Waals surface area contributed by atoms with E-state index in [1.165, 1.54) is 5.56 Å². The van der Waals surface area contributed by atoms with Crippen LogP contribution in [0.4, 0.5) is 4.79 Å². The van der Waals surface area contributed by atoms with Gasteiger partial charge in [-0.25, -0.2) is 4.79 Å². The summed E-state index contributed by atoms with van der Waals surface area (Å²) in [6, 6.07) is 5.27. The first kappa shape index (κ1) is 16.5. The highest BCUT2D eigenvalue weighted by molar-refractivity contribution is 5.71. The van der Waals surface area contributed by atoms with Crippen molar-refractivity contribution in [3.8, 4) is 5.75 Å². The van der Waals surface area contributed by atoms with Gasteiger partial charge in [0.05, 0.1) is 0 Å². The van der Waals surface area contributed by atoms with Crippen LogP contribution in [0, 0.1) is 19.9 Å². The molecule has 0 N–H and O–H groups in total. The summed E-state index contributed by atoms with van der Waals surface area (Å²) in [7, 11) is 0. The molecular weight excluding hydrogens is 250 g/mol. The van der Waals surface area contributed by atoms with E-state index in [1.807, 2.05) is 27.7 Å². The first-order chi connectivity index (χ1) is 9.20. The molecule has 111 valence electrons. The quantitative estimate of drug-likeness (QED) is 0.826. The number of hydrogen-bond acceptors (Lipinski definition) is 2. The molecule has 1 aromatic rings. The van der Waals surface area contributed by atoms with Crippen molar-refractivity contribution in [2.45, 2.75) is 53.9 Å². The molecule has 1 amide bonds. The summed E-state index contributed by atoms with van der Waals surface area (Å²) < 4.78 is 5.54. The molecule has 3 nitrogen and oxygen atoms in total. The number of nitrogens with zero attached hydrogens (tertiary/aromatic N) is 1. The van der Waals surface area contributed by atoms with E-state index in [0.29, 0.717) is 18.8 Å². The molecule has 0 unspecified atom stereocenters. The van der Waals surface area contributed by atoms with E-state index in [1.54, 1.807) is 4.90 Å². The van der Waals surface area contributed by atoms with Gasteiger partial charge in [-0.2, -0.15) is 0 Å². The highest BCUT2D eigenvalue weighted by Gasteiger charge is 2.21. The normalized spacial score (nSPS) is 11.3. The molecule has 0 atom stereocenters. The molecular formula is C17H26NO2. The summed E-state index contributed by atoms with van der Waals surface area (Å²) >= 11 is 0. The van der Waals surface area contributed by atoms with Gasteiger partial charge in [-0.1, -0.05) is 26.8 Å². The number of rotatable bonds is 3. The van der Waals surface area contributed by atoms with Crippen LogP contribution < -0.4 is 4.74 Å². The average Bonchev–Trinajstić information content (AvgIpc) is 2.33. The van der Waals surface area contributed by atoms with E-state index in [9.17, 15) is 4.79 Å². The largest absolute Gasteiger partial charge is 0.415 e. The molecule has 0 heterocycles. The van der Waals surface area contributed by atoms with Gasteiger partial charge in [0, 0.05) is 19.2 Å². The van der Waals surface area contributed by atoms with Crippen molar-refractivity contribution in [1.29, 1.82) is 0 Å². The van der Waals surface area contributed by atoms with Gasteiger partial charge >= 0.3 is 6.09 Å². The summed E-state index contributed by atoms with van der Waals surface area (Å²) in [4.78, 5) is 13.7. The molecule has 20 heavy (non-hydrogen) atoms. The van der Waals surface area contributed by atoms with Crippen molar-refractivity contribution in [2.75, 3.05) is 13.1 Å². The van der Waals surface area contributed by atoms with Crippen LogP contribution in [0.2, 0.25) is 0 Å². The van der Waals surface area contributed by atoms with Crippen molar-refractivity contribution in [3.05, 3.63) is 28.8 Å². The van der Waals surface area contributed by atoms with Crippen molar-refractivity contribution >= 4 is 6.09 Å². The molecule has 0 saturated carbocycles. The molecule has 1 radical (unpaired) electrons. The molecule has 0 aliphatic carbocycles. The summed E-state index contributed by atoms with van der Waals surface area (Å²) in [5.74, 6) is 0.548. The second-order valence-electron chi connectivity index (χ2n) is 6.11. The Morgan fingerprint density at radius 1 is 1.25 bits per heavy atom. The van der Waals surface area contributed by atoms with Gasteiger partial charge in [0.25, 0.3) is 0 Å². The summed E-state index contributed by atoms with van der Waals surface area (Å²) in [5, 5.41) is 0. The Hall–Kier alpha value is -1.51. The van der Waals surface area contributed by atoms with E-state index in [4.69, 9.17) is 4.74 Å². The summed E-state index contributed by atoms with van der Waals surface area (Å²) in [6.07, 6.45) is -0.306. The lowest BCUT2D eigenvalue weighted by Crippen LogP contribution is -2.33. The second kappa shape index (κ2) is 6.29. The maximum atomic E-state index is 12.1. The lowest BCUT2D eigenvalue weighted by molar-refractivity contribution is 0.156. The third kappa shape index (κ3) is 3.75. The van der Waals surface area contributed by atoms with Gasteiger partial charge < -0.3 is 9.64 Å². The minimum Gasteiger partial charge on any atom is -0.409 e. The fourth-order valence-electron chi connectivity index (χ4n) is 2.27. The number of amides is 1. The molecule has 1 aromatic carbocycles. The molecule has 0 aromatic heterocycles. The van der Waals surface area contributed by atoms with Crippen LogP contribution >= 0.6 is 0 Å². The highest BCUT2D eigenvalue weighted by atomic mass is 16.6. The van der Waals surface area contributed by atoms with Gasteiger partial charge in [0.2, 0.25) is 0 Å². The van der Waals surface area contributed by atoms with Gasteiger partial charge in [-0.05, 0) is 49.8 Å². The van der Waals surface area contributed by atoms with Crippen LogP contribution in [-0.2, 0) is 5.41 Å². The zero-order valence-corrected chi connectivity index (χ0v) is 13.8. The Morgan fingerprint density at radius 2 is 1.80 bits per heavy atom.